The third kappa shape index (κ3) is 3.08. The minimum Gasteiger partial charge on any atom is -0.324 e. The second-order valence-corrected chi connectivity index (χ2v) is 4.46. The Kier molecular flexibility index (Phi) is 3.80. The molecule has 1 heterocycles. The predicted octanol–water partition coefficient (Wildman–Crippen LogP) is 1.57. The van der Waals surface area contributed by atoms with Crippen LogP contribution in [0.1, 0.15) is 12.8 Å². The van der Waals surface area contributed by atoms with Gasteiger partial charge in [0.25, 0.3) is 0 Å². The van der Waals surface area contributed by atoms with E-state index in [-0.39, 0.29) is 41.9 Å². The van der Waals surface area contributed by atoms with Gasteiger partial charge >= 0.3 is 0 Å². The highest BCUT2D eigenvalue weighted by molar-refractivity contribution is 6.30. The van der Waals surface area contributed by atoms with Gasteiger partial charge in [0.2, 0.25) is 17.7 Å². The lowest BCUT2D eigenvalue weighted by Crippen LogP contribution is -2.36. The van der Waals surface area contributed by atoms with Gasteiger partial charge in [0.1, 0.15) is 12.4 Å². The number of nitrogens with zero attached hydrogens (tertiary/aromatic N) is 1. The monoisotopic (exact) mass is 284 g/mol. The van der Waals surface area contributed by atoms with Gasteiger partial charge in [0.15, 0.2) is 0 Å². The summed E-state index contributed by atoms with van der Waals surface area (Å²) in [6.45, 7) is -0.359. The number of halogens is 2. The number of imide groups is 1. The highest BCUT2D eigenvalue weighted by Crippen LogP contribution is 2.19. The first kappa shape index (κ1) is 13.5. The molecule has 7 heteroatoms. The van der Waals surface area contributed by atoms with Crippen LogP contribution in [0.4, 0.5) is 10.1 Å². The van der Waals surface area contributed by atoms with Gasteiger partial charge in [-0.3, -0.25) is 19.3 Å². The van der Waals surface area contributed by atoms with Crippen molar-refractivity contribution in [3.05, 3.63) is 29.0 Å². The number of carbonyl (C=O) groups is 3. The van der Waals surface area contributed by atoms with Crippen LogP contribution < -0.4 is 5.32 Å². The maximum Gasteiger partial charge on any atom is 0.244 e. The molecule has 0 saturated carbocycles. The molecule has 2 rings (SSSR count). The third-order valence-corrected chi connectivity index (χ3v) is 2.97. The first-order valence-corrected chi connectivity index (χ1v) is 5.93. The Bertz CT molecular complexity index is 546. The van der Waals surface area contributed by atoms with Crippen LogP contribution in [0.3, 0.4) is 0 Å². The molecule has 0 aromatic heterocycles. The van der Waals surface area contributed by atoms with Crippen LogP contribution in [0.25, 0.3) is 0 Å². The summed E-state index contributed by atoms with van der Waals surface area (Å²) in [5.74, 6) is -1.97. The normalized spacial score (nSPS) is 14.9. The molecular weight excluding hydrogens is 275 g/mol. The summed E-state index contributed by atoms with van der Waals surface area (Å²) in [6, 6.07) is 3.80. The minimum absolute atomic E-state index is 0.0529. The molecule has 1 N–H and O–H groups in total. The second kappa shape index (κ2) is 5.36. The largest absolute Gasteiger partial charge is 0.324 e. The molecule has 5 nitrogen and oxygen atoms in total. The Labute approximate surface area is 113 Å². The van der Waals surface area contributed by atoms with E-state index >= 15 is 0 Å². The van der Waals surface area contributed by atoms with Gasteiger partial charge < -0.3 is 5.32 Å². The number of likely N-dealkylation sites (tertiary alicyclic amines) is 1. The molecule has 0 spiro atoms. The van der Waals surface area contributed by atoms with Crippen molar-refractivity contribution in [2.24, 2.45) is 0 Å². The van der Waals surface area contributed by atoms with Crippen LogP contribution in [0.15, 0.2) is 18.2 Å². The predicted molar refractivity (Wildman–Crippen MR) is 66.0 cm³/mol. The Morgan fingerprint density at radius 3 is 2.53 bits per heavy atom. The highest BCUT2D eigenvalue weighted by atomic mass is 35.5. The number of hydrogen-bond donors (Lipinski definition) is 1. The lowest BCUT2D eigenvalue weighted by Gasteiger charge is -2.13. The van der Waals surface area contributed by atoms with Crippen molar-refractivity contribution in [2.75, 3.05) is 11.9 Å². The van der Waals surface area contributed by atoms with Gasteiger partial charge in [0.05, 0.1) is 5.02 Å². The quantitative estimate of drug-likeness (QED) is 0.857. The summed E-state index contributed by atoms with van der Waals surface area (Å²) in [7, 11) is 0. The van der Waals surface area contributed by atoms with Crippen molar-refractivity contribution in [1.29, 1.82) is 0 Å². The number of anilines is 1. The summed E-state index contributed by atoms with van der Waals surface area (Å²) in [6.07, 6.45) is 0.253. The van der Waals surface area contributed by atoms with E-state index in [2.05, 4.69) is 5.32 Å². The Morgan fingerprint density at radius 2 is 1.95 bits per heavy atom. The zero-order chi connectivity index (χ0) is 14.0. The molecule has 1 aromatic rings. The van der Waals surface area contributed by atoms with Crippen molar-refractivity contribution in [1.82, 2.24) is 4.90 Å². The topological polar surface area (TPSA) is 66.5 Å². The van der Waals surface area contributed by atoms with E-state index in [9.17, 15) is 18.8 Å². The molecule has 3 amide bonds. The number of nitrogens with one attached hydrogen (secondary N) is 1. The molecule has 0 unspecified atom stereocenters. The Balaban J connectivity index is 1.99. The van der Waals surface area contributed by atoms with Crippen molar-refractivity contribution in [2.45, 2.75) is 12.8 Å². The average molecular weight is 285 g/mol. The van der Waals surface area contributed by atoms with Gasteiger partial charge in [-0.15, -0.1) is 0 Å². The van der Waals surface area contributed by atoms with Crippen molar-refractivity contribution >= 4 is 35.0 Å². The zero-order valence-electron chi connectivity index (χ0n) is 9.78. The molecule has 1 aromatic carbocycles. The maximum atomic E-state index is 13.2. The van der Waals surface area contributed by atoms with Crippen LogP contribution in [0.2, 0.25) is 5.02 Å². The number of rotatable bonds is 3. The maximum absolute atomic E-state index is 13.2. The molecule has 1 saturated heterocycles. The van der Waals surface area contributed by atoms with Crippen LogP contribution >= 0.6 is 11.6 Å². The van der Waals surface area contributed by atoms with Gasteiger partial charge in [-0.05, 0) is 18.2 Å². The molecule has 1 aliphatic heterocycles. The third-order valence-electron chi connectivity index (χ3n) is 2.66. The standard InChI is InChI=1S/C12H10ClFN2O3/c13-8-2-1-7(5-9(8)14)15-10(17)6-16-11(18)3-4-12(16)19/h1-2,5H,3-4,6H2,(H,15,17). The number of amides is 3. The fourth-order valence-corrected chi connectivity index (χ4v) is 1.83. The van der Waals surface area contributed by atoms with Crippen molar-refractivity contribution in [3.8, 4) is 0 Å². The molecular formula is C12H10ClFN2O3. The second-order valence-electron chi connectivity index (χ2n) is 4.05. The van der Waals surface area contributed by atoms with Gasteiger partial charge in [-0.2, -0.15) is 0 Å². The van der Waals surface area contributed by atoms with Crippen molar-refractivity contribution in [3.63, 3.8) is 0 Å². The summed E-state index contributed by atoms with van der Waals surface area (Å²) >= 11 is 5.51. The van der Waals surface area contributed by atoms with E-state index in [0.717, 1.165) is 11.0 Å². The Morgan fingerprint density at radius 1 is 1.32 bits per heavy atom. The lowest BCUT2D eigenvalue weighted by molar-refractivity contribution is -0.141. The average Bonchev–Trinajstić information content (AvgIpc) is 2.66. The first-order chi connectivity index (χ1) is 8.97. The molecule has 0 radical (unpaired) electrons. The van der Waals surface area contributed by atoms with E-state index < -0.39 is 11.7 Å². The van der Waals surface area contributed by atoms with E-state index in [0.29, 0.717) is 0 Å². The van der Waals surface area contributed by atoms with Crippen LogP contribution in [0, 0.1) is 5.82 Å². The molecule has 1 fully saturated rings. The number of carbonyl (C=O) groups excluding carboxylic acids is 3. The lowest BCUT2D eigenvalue weighted by atomic mass is 10.3. The van der Waals surface area contributed by atoms with Crippen LogP contribution in [-0.4, -0.2) is 29.2 Å². The fourth-order valence-electron chi connectivity index (χ4n) is 1.72. The SMILES string of the molecule is O=C(CN1C(=O)CCC1=O)Nc1ccc(Cl)c(F)c1. The van der Waals surface area contributed by atoms with Crippen molar-refractivity contribution < 1.29 is 18.8 Å². The molecule has 0 aliphatic carbocycles. The molecule has 0 bridgehead atoms. The van der Waals surface area contributed by atoms with E-state index in [1.54, 1.807) is 0 Å². The summed E-state index contributed by atoms with van der Waals surface area (Å²) < 4.78 is 13.2. The van der Waals surface area contributed by atoms with E-state index in [1.807, 2.05) is 0 Å². The van der Waals surface area contributed by atoms with E-state index in [1.165, 1.54) is 12.1 Å². The van der Waals surface area contributed by atoms with Crippen LogP contribution in [0.5, 0.6) is 0 Å². The van der Waals surface area contributed by atoms with Crippen LogP contribution in [-0.2, 0) is 14.4 Å². The first-order valence-electron chi connectivity index (χ1n) is 5.55. The minimum atomic E-state index is -0.659. The highest BCUT2D eigenvalue weighted by Gasteiger charge is 2.30. The van der Waals surface area contributed by atoms with Gasteiger partial charge in [-0.25, -0.2) is 4.39 Å². The molecule has 19 heavy (non-hydrogen) atoms. The number of benzene rings is 1. The van der Waals surface area contributed by atoms with Gasteiger partial charge in [0, 0.05) is 18.5 Å². The summed E-state index contributed by atoms with van der Waals surface area (Å²) in [5, 5.41) is 2.34. The smallest absolute Gasteiger partial charge is 0.244 e. The zero-order valence-corrected chi connectivity index (χ0v) is 10.5. The number of hydrogen-bond acceptors (Lipinski definition) is 3. The van der Waals surface area contributed by atoms with E-state index in [4.69, 9.17) is 11.6 Å². The molecule has 100 valence electrons. The Hall–Kier alpha value is -1.95. The summed E-state index contributed by atoms with van der Waals surface area (Å²) in [5.41, 5.74) is 0.214. The fraction of sp³-hybridized carbons (Fsp3) is 0.250. The van der Waals surface area contributed by atoms with Gasteiger partial charge in [-0.1, -0.05) is 11.6 Å². The molecule has 0 atom stereocenters. The summed E-state index contributed by atoms with van der Waals surface area (Å²) in [4.78, 5) is 35.2. The molecule has 1 aliphatic rings.